The van der Waals surface area contributed by atoms with E-state index in [1.54, 1.807) is 0 Å². The number of hydrogen-bond donors (Lipinski definition) is 1. The van der Waals surface area contributed by atoms with Crippen LogP contribution in [-0.4, -0.2) is 31.9 Å². The molecule has 138 valence electrons. The SMILES string of the molecule is NC(=O)[C@@H]1C[C@@H]2CCCC[C@@H]2N1c1ccc(S(=O)(=O)C(F)(F)F)cc1. The topological polar surface area (TPSA) is 80.5 Å². The third-order valence-electron chi connectivity index (χ3n) is 5.17. The summed E-state index contributed by atoms with van der Waals surface area (Å²) < 4.78 is 60.9. The molecule has 0 spiro atoms. The molecule has 0 aromatic heterocycles. The molecule has 3 rings (SSSR count). The number of carbonyl (C=O) groups is 1. The first-order valence-electron chi connectivity index (χ1n) is 8.12. The zero-order chi connectivity index (χ0) is 18.4. The third kappa shape index (κ3) is 3.09. The Morgan fingerprint density at radius 2 is 1.72 bits per heavy atom. The zero-order valence-corrected chi connectivity index (χ0v) is 14.2. The van der Waals surface area contributed by atoms with E-state index in [4.69, 9.17) is 5.73 Å². The van der Waals surface area contributed by atoms with Crippen molar-refractivity contribution in [1.29, 1.82) is 0 Å². The van der Waals surface area contributed by atoms with Crippen molar-refractivity contribution in [2.45, 2.75) is 54.6 Å². The predicted octanol–water partition coefficient (Wildman–Crippen LogP) is 2.60. The fraction of sp³-hybridized carbons (Fsp3) is 0.562. The van der Waals surface area contributed by atoms with Gasteiger partial charge >= 0.3 is 5.51 Å². The van der Waals surface area contributed by atoms with Crippen LogP contribution in [0.4, 0.5) is 18.9 Å². The summed E-state index contributed by atoms with van der Waals surface area (Å²) in [7, 11) is -5.38. The Hall–Kier alpha value is -1.77. The second-order valence-corrected chi connectivity index (χ2v) is 8.56. The molecular formula is C16H19F3N2O3S. The Morgan fingerprint density at radius 1 is 1.12 bits per heavy atom. The van der Waals surface area contributed by atoms with Gasteiger partial charge in [0, 0.05) is 11.7 Å². The van der Waals surface area contributed by atoms with Gasteiger partial charge in [-0.2, -0.15) is 13.2 Å². The highest BCUT2D eigenvalue weighted by atomic mass is 32.2. The number of nitrogens with two attached hydrogens (primary N) is 1. The minimum absolute atomic E-state index is 0.108. The lowest BCUT2D eigenvalue weighted by Crippen LogP contribution is -2.45. The minimum atomic E-state index is -5.38. The summed E-state index contributed by atoms with van der Waals surface area (Å²) in [5.41, 5.74) is 0.697. The van der Waals surface area contributed by atoms with Gasteiger partial charge in [0.15, 0.2) is 0 Å². The molecule has 1 aliphatic carbocycles. The van der Waals surface area contributed by atoms with Gasteiger partial charge in [-0.15, -0.1) is 0 Å². The van der Waals surface area contributed by atoms with E-state index < -0.39 is 32.2 Å². The van der Waals surface area contributed by atoms with Gasteiger partial charge < -0.3 is 10.6 Å². The lowest BCUT2D eigenvalue weighted by molar-refractivity contribution is -0.119. The highest BCUT2D eigenvalue weighted by molar-refractivity contribution is 7.92. The normalized spacial score (nSPS) is 27.2. The Kier molecular flexibility index (Phi) is 4.47. The van der Waals surface area contributed by atoms with E-state index in [-0.39, 0.29) is 6.04 Å². The monoisotopic (exact) mass is 376 g/mol. The van der Waals surface area contributed by atoms with Crippen molar-refractivity contribution >= 4 is 21.4 Å². The van der Waals surface area contributed by atoms with Gasteiger partial charge in [-0.3, -0.25) is 4.79 Å². The molecule has 9 heteroatoms. The average molecular weight is 376 g/mol. The molecular weight excluding hydrogens is 357 g/mol. The Labute approximate surface area is 143 Å². The molecule has 1 heterocycles. The van der Waals surface area contributed by atoms with E-state index in [0.717, 1.165) is 37.8 Å². The maximum absolute atomic E-state index is 12.7. The number of benzene rings is 1. The molecule has 1 amide bonds. The number of primary amides is 1. The van der Waals surface area contributed by atoms with Gasteiger partial charge in [0.25, 0.3) is 9.84 Å². The molecule has 1 saturated heterocycles. The largest absolute Gasteiger partial charge is 0.501 e. The maximum atomic E-state index is 12.7. The van der Waals surface area contributed by atoms with Gasteiger partial charge in [0.2, 0.25) is 5.91 Å². The quantitative estimate of drug-likeness (QED) is 0.879. The summed E-state index contributed by atoms with van der Waals surface area (Å²) in [5, 5.41) is 0. The number of anilines is 1. The van der Waals surface area contributed by atoms with Crippen molar-refractivity contribution in [2.24, 2.45) is 11.7 Å². The number of alkyl halides is 3. The summed E-state index contributed by atoms with van der Waals surface area (Å²) in [6.45, 7) is 0. The fourth-order valence-corrected chi connectivity index (χ4v) is 4.78. The van der Waals surface area contributed by atoms with Crippen LogP contribution in [0.2, 0.25) is 0 Å². The van der Waals surface area contributed by atoms with E-state index in [0.29, 0.717) is 18.0 Å². The summed E-state index contributed by atoms with van der Waals surface area (Å²) in [6.07, 6.45) is 4.61. The predicted molar refractivity (Wildman–Crippen MR) is 85.5 cm³/mol. The number of fused-ring (bicyclic) bond motifs is 1. The van der Waals surface area contributed by atoms with Crippen LogP contribution in [0.15, 0.2) is 29.2 Å². The zero-order valence-electron chi connectivity index (χ0n) is 13.4. The van der Waals surface area contributed by atoms with Gasteiger partial charge in [-0.1, -0.05) is 12.8 Å². The van der Waals surface area contributed by atoms with Gasteiger partial charge in [0.05, 0.1) is 4.90 Å². The molecule has 0 radical (unpaired) electrons. The van der Waals surface area contributed by atoms with E-state index in [9.17, 15) is 26.4 Å². The van der Waals surface area contributed by atoms with Crippen molar-refractivity contribution < 1.29 is 26.4 Å². The van der Waals surface area contributed by atoms with Crippen LogP contribution in [0.3, 0.4) is 0 Å². The van der Waals surface area contributed by atoms with Crippen molar-refractivity contribution in [3.63, 3.8) is 0 Å². The number of sulfone groups is 1. The van der Waals surface area contributed by atoms with Crippen LogP contribution in [0.1, 0.15) is 32.1 Å². The molecule has 25 heavy (non-hydrogen) atoms. The second kappa shape index (κ2) is 6.19. The lowest BCUT2D eigenvalue weighted by atomic mass is 9.84. The van der Waals surface area contributed by atoms with Crippen molar-refractivity contribution in [1.82, 2.24) is 0 Å². The maximum Gasteiger partial charge on any atom is 0.501 e. The molecule has 5 nitrogen and oxygen atoms in total. The van der Waals surface area contributed by atoms with Gasteiger partial charge in [0.1, 0.15) is 6.04 Å². The average Bonchev–Trinajstić information content (AvgIpc) is 2.93. The molecule has 2 fully saturated rings. The van der Waals surface area contributed by atoms with E-state index in [1.807, 2.05) is 4.90 Å². The first kappa shape index (κ1) is 18.0. The molecule has 1 aromatic carbocycles. The molecule has 3 atom stereocenters. The highest BCUT2D eigenvalue weighted by Gasteiger charge is 2.47. The number of amides is 1. The number of hydrogen-bond acceptors (Lipinski definition) is 4. The molecule has 2 aliphatic rings. The summed E-state index contributed by atoms with van der Waals surface area (Å²) in [6, 6.07) is 4.12. The van der Waals surface area contributed by atoms with E-state index in [1.165, 1.54) is 12.1 Å². The Bertz CT molecular complexity index is 762. The number of carbonyl (C=O) groups excluding carboxylic acids is 1. The molecule has 0 bridgehead atoms. The first-order valence-corrected chi connectivity index (χ1v) is 9.60. The van der Waals surface area contributed by atoms with Crippen molar-refractivity contribution in [3.8, 4) is 0 Å². The standard InChI is InChI=1S/C16H19F3N2O3S/c17-16(18,19)25(23,24)12-7-5-11(6-8-12)21-13-4-2-1-3-10(13)9-14(21)15(20)22/h5-8,10,13-14H,1-4,9H2,(H2,20,22)/t10-,13-,14-/m0/s1. The van der Waals surface area contributed by atoms with Gasteiger partial charge in [-0.05, 0) is 49.4 Å². The van der Waals surface area contributed by atoms with Crippen molar-refractivity contribution in [3.05, 3.63) is 24.3 Å². The van der Waals surface area contributed by atoms with E-state index >= 15 is 0 Å². The highest BCUT2D eigenvalue weighted by Crippen LogP contribution is 2.42. The van der Waals surface area contributed by atoms with Crippen LogP contribution in [0.25, 0.3) is 0 Å². The fourth-order valence-electron chi connectivity index (χ4n) is 4.02. The smallest absolute Gasteiger partial charge is 0.368 e. The van der Waals surface area contributed by atoms with Crippen molar-refractivity contribution in [2.75, 3.05) is 4.90 Å². The molecule has 1 aliphatic heterocycles. The van der Waals surface area contributed by atoms with Crippen LogP contribution in [0.5, 0.6) is 0 Å². The lowest BCUT2D eigenvalue weighted by Gasteiger charge is -2.35. The van der Waals surface area contributed by atoms with E-state index in [2.05, 4.69) is 0 Å². The molecule has 2 N–H and O–H groups in total. The van der Waals surface area contributed by atoms with Gasteiger partial charge in [-0.25, -0.2) is 8.42 Å². The van der Waals surface area contributed by atoms with Crippen LogP contribution in [0, 0.1) is 5.92 Å². The van der Waals surface area contributed by atoms with Crippen LogP contribution < -0.4 is 10.6 Å². The second-order valence-electron chi connectivity index (χ2n) is 6.62. The summed E-state index contributed by atoms with van der Waals surface area (Å²) >= 11 is 0. The van der Waals surface area contributed by atoms with Crippen LogP contribution in [-0.2, 0) is 14.6 Å². The third-order valence-corrected chi connectivity index (χ3v) is 6.67. The minimum Gasteiger partial charge on any atom is -0.368 e. The Balaban J connectivity index is 1.94. The Morgan fingerprint density at radius 3 is 2.28 bits per heavy atom. The number of nitrogens with zero attached hydrogens (tertiary/aromatic N) is 1. The summed E-state index contributed by atoms with van der Waals surface area (Å²) in [5.74, 6) is -0.147. The molecule has 0 unspecified atom stereocenters. The number of rotatable bonds is 3. The molecule has 1 saturated carbocycles. The first-order chi connectivity index (χ1) is 11.6. The summed E-state index contributed by atoms with van der Waals surface area (Å²) in [4.78, 5) is 12.9. The molecule has 1 aromatic rings. The number of halogens is 3. The van der Waals surface area contributed by atoms with Crippen LogP contribution >= 0.6 is 0 Å².